The number of benzene rings is 2. The summed E-state index contributed by atoms with van der Waals surface area (Å²) in [6.45, 7) is 9.51. The van der Waals surface area contributed by atoms with Crippen LogP contribution in [0.5, 0.6) is 0 Å². The third-order valence-electron chi connectivity index (χ3n) is 10.1. The van der Waals surface area contributed by atoms with Crippen LogP contribution < -0.4 is 16.4 Å². The fourth-order valence-corrected chi connectivity index (χ4v) is 7.95. The van der Waals surface area contributed by atoms with Crippen LogP contribution in [0.15, 0.2) is 48.5 Å². The fraction of sp³-hybridized carbons (Fsp3) is 0.559. The summed E-state index contributed by atoms with van der Waals surface area (Å²) < 4.78 is 31.1. The van der Waals surface area contributed by atoms with Crippen molar-refractivity contribution in [3.63, 3.8) is 0 Å². The molecule has 0 radical (unpaired) electrons. The summed E-state index contributed by atoms with van der Waals surface area (Å²) in [5.74, 6) is -0.976. The molecule has 0 saturated heterocycles. The smallest absolute Gasteiger partial charge is 0.306 e. The molecule has 4 bridgehead atoms. The molecule has 2 aromatic carbocycles. The first-order valence-corrected chi connectivity index (χ1v) is 15.1. The first kappa shape index (κ1) is 33.8. The average Bonchev–Trinajstić information content (AvgIpc) is 2.84. The molecule has 2 atom stereocenters. The summed E-state index contributed by atoms with van der Waals surface area (Å²) in [6.07, 6.45) is 6.01. The van der Waals surface area contributed by atoms with Crippen molar-refractivity contribution >= 4 is 41.6 Å². The molecule has 6 fully saturated rings. The van der Waals surface area contributed by atoms with E-state index in [2.05, 4.69) is 10.6 Å². The Balaban J connectivity index is 0.000000206. The molecule has 0 unspecified atom stereocenters. The van der Waals surface area contributed by atoms with Crippen molar-refractivity contribution < 1.29 is 27.9 Å². The Morgan fingerprint density at radius 1 is 0.773 bits per heavy atom. The Morgan fingerprint density at radius 2 is 1.14 bits per heavy atom. The third-order valence-corrected chi connectivity index (χ3v) is 10.1. The molecule has 6 saturated carbocycles. The van der Waals surface area contributed by atoms with Gasteiger partial charge >= 0.3 is 5.97 Å². The van der Waals surface area contributed by atoms with Crippen LogP contribution in [0.3, 0.4) is 0 Å². The van der Waals surface area contributed by atoms with Gasteiger partial charge in [-0.1, -0.05) is 13.8 Å². The topological polar surface area (TPSA) is 111 Å². The van der Waals surface area contributed by atoms with Crippen molar-refractivity contribution in [1.29, 1.82) is 0 Å². The van der Waals surface area contributed by atoms with Crippen molar-refractivity contribution in [3.05, 3.63) is 60.2 Å². The summed E-state index contributed by atoms with van der Waals surface area (Å²) in [4.78, 5) is 36.6. The Morgan fingerprint density at radius 3 is 1.48 bits per heavy atom. The molecule has 44 heavy (non-hydrogen) atoms. The number of esters is 1. The van der Waals surface area contributed by atoms with Gasteiger partial charge in [0.1, 0.15) is 17.2 Å². The maximum atomic E-state index is 12.9. The Kier molecular flexibility index (Phi) is 9.01. The predicted octanol–water partition coefficient (Wildman–Crippen LogP) is 7.01. The zero-order valence-electron chi connectivity index (χ0n) is 26.1. The van der Waals surface area contributed by atoms with Gasteiger partial charge in [-0.05, 0) is 124 Å². The average molecular weight is 632 g/mol. The maximum absolute atomic E-state index is 12.9. The van der Waals surface area contributed by atoms with Gasteiger partial charge in [-0.3, -0.25) is 14.4 Å². The number of carbonyl (C=O) groups excluding carboxylic acids is 3. The van der Waals surface area contributed by atoms with Gasteiger partial charge in [0, 0.05) is 28.7 Å². The van der Waals surface area contributed by atoms with E-state index in [9.17, 15) is 23.2 Å². The van der Waals surface area contributed by atoms with Gasteiger partial charge in [-0.2, -0.15) is 0 Å². The zero-order chi connectivity index (χ0) is 31.4. The largest absolute Gasteiger partial charge is 0.460 e. The van der Waals surface area contributed by atoms with Crippen LogP contribution in [0.2, 0.25) is 0 Å². The summed E-state index contributed by atoms with van der Waals surface area (Å²) >= 11 is 0. The summed E-state index contributed by atoms with van der Waals surface area (Å²) in [5.41, 5.74) is 6.98. The molecule has 7 nitrogen and oxygen atoms in total. The number of hydrogen-bond acceptors (Lipinski definition) is 5. The lowest BCUT2D eigenvalue weighted by Crippen LogP contribution is -2.75. The Hall–Kier alpha value is -3.04. The predicted molar refractivity (Wildman–Crippen MR) is 168 cm³/mol. The van der Waals surface area contributed by atoms with Crippen LogP contribution >= 0.6 is 12.4 Å². The Labute approximate surface area is 264 Å². The second-order valence-corrected chi connectivity index (χ2v) is 14.8. The molecule has 2 aromatic rings. The zero-order valence-corrected chi connectivity index (χ0v) is 26.9. The minimum absolute atomic E-state index is 0. The van der Waals surface area contributed by atoms with E-state index in [-0.39, 0.29) is 75.4 Å². The highest BCUT2D eigenvalue weighted by Crippen LogP contribution is 2.77. The number of hydrogen-bond donors (Lipinski definition) is 3. The van der Waals surface area contributed by atoms with E-state index in [1.165, 1.54) is 24.3 Å². The highest BCUT2D eigenvalue weighted by molar-refractivity contribution is 5.94. The molecule has 240 valence electrons. The number of nitrogens with one attached hydrogen (secondary N) is 2. The monoisotopic (exact) mass is 631 g/mol. The molecule has 0 aromatic heterocycles. The number of anilines is 2. The van der Waals surface area contributed by atoms with Crippen LogP contribution in [0, 0.1) is 39.7 Å². The lowest BCUT2D eigenvalue weighted by atomic mass is 9.31. The number of carbonyl (C=O) groups is 3. The van der Waals surface area contributed by atoms with Gasteiger partial charge in [-0.25, -0.2) is 8.78 Å². The van der Waals surface area contributed by atoms with Gasteiger partial charge in [-0.15, -0.1) is 12.4 Å². The SMILES string of the molecule is C[C@@H](C(=O)Nc1ccc(F)cc1)C12CC(CC(=O)OC(C)(C)C)(C1)C2.C[C@@H](C(=O)Nc1ccc(F)cc1)C12CC(N)(C1)C2.Cl. The van der Waals surface area contributed by atoms with E-state index in [1.54, 1.807) is 24.3 Å². The lowest BCUT2D eigenvalue weighted by Gasteiger charge is -2.72. The summed E-state index contributed by atoms with van der Waals surface area (Å²) in [5, 5.41) is 5.69. The molecule has 4 N–H and O–H groups in total. The molecular formula is C34H44ClF2N3O4. The number of amides is 2. The second-order valence-electron chi connectivity index (χ2n) is 14.8. The number of rotatable bonds is 8. The summed E-state index contributed by atoms with van der Waals surface area (Å²) in [7, 11) is 0. The van der Waals surface area contributed by atoms with E-state index in [0.29, 0.717) is 17.8 Å². The second kappa shape index (κ2) is 11.7. The first-order valence-electron chi connectivity index (χ1n) is 15.1. The van der Waals surface area contributed by atoms with Crippen molar-refractivity contribution in [2.75, 3.05) is 10.6 Å². The third kappa shape index (κ3) is 6.79. The minimum atomic E-state index is -0.458. The van der Waals surface area contributed by atoms with Crippen LogP contribution in [0.1, 0.15) is 79.6 Å². The number of ether oxygens (including phenoxy) is 1. The molecule has 0 heterocycles. The fourth-order valence-electron chi connectivity index (χ4n) is 7.95. The minimum Gasteiger partial charge on any atom is -0.460 e. The van der Waals surface area contributed by atoms with Gasteiger partial charge in [0.05, 0.1) is 6.42 Å². The van der Waals surface area contributed by atoms with Crippen molar-refractivity contribution in [3.8, 4) is 0 Å². The molecule has 10 heteroatoms. The van der Waals surface area contributed by atoms with E-state index >= 15 is 0 Å². The van der Waals surface area contributed by atoms with Crippen LogP contribution in [0.25, 0.3) is 0 Å². The van der Waals surface area contributed by atoms with Gasteiger partial charge in [0.25, 0.3) is 0 Å². The number of halogens is 3. The molecule has 0 aliphatic heterocycles. The highest BCUT2D eigenvalue weighted by atomic mass is 35.5. The number of nitrogens with two attached hydrogens (primary N) is 1. The molecule has 0 spiro atoms. The Bertz CT molecular complexity index is 1370. The van der Waals surface area contributed by atoms with Crippen molar-refractivity contribution in [2.24, 2.45) is 33.8 Å². The van der Waals surface area contributed by atoms with Gasteiger partial charge in [0.15, 0.2) is 0 Å². The lowest BCUT2D eigenvalue weighted by molar-refractivity contribution is -0.236. The highest BCUT2D eigenvalue weighted by Gasteiger charge is 2.71. The van der Waals surface area contributed by atoms with Crippen LogP contribution in [-0.4, -0.2) is 28.9 Å². The van der Waals surface area contributed by atoms with Gasteiger partial charge < -0.3 is 21.1 Å². The maximum Gasteiger partial charge on any atom is 0.306 e. The quantitative estimate of drug-likeness (QED) is 0.272. The standard InChI is InChI=1S/C20H26FNO3.C14H17FN2O.ClH/c1-13(17(24)22-15-7-5-14(21)6-8-15)20-10-19(11-20,12-20)9-16(23)25-18(2,3)4;1-9(13-6-14(16,7-13)8-13)12(18)17-11-4-2-10(15)3-5-11;/h5-8,13H,9-12H2,1-4H3,(H,22,24);2-5,9H,6-8,16H2,1H3,(H,17,18);1H/t13-,19?,20?;9-,13?,14?;/m00./s1. The van der Waals surface area contributed by atoms with E-state index in [1.807, 2.05) is 34.6 Å². The summed E-state index contributed by atoms with van der Waals surface area (Å²) in [6, 6.07) is 11.6. The van der Waals surface area contributed by atoms with E-state index in [0.717, 1.165) is 38.5 Å². The molecule has 8 rings (SSSR count). The molecule has 6 aliphatic carbocycles. The van der Waals surface area contributed by atoms with Crippen molar-refractivity contribution in [1.82, 2.24) is 0 Å². The first-order chi connectivity index (χ1) is 20.0. The van der Waals surface area contributed by atoms with Crippen molar-refractivity contribution in [2.45, 2.75) is 90.7 Å². The van der Waals surface area contributed by atoms with E-state index < -0.39 is 5.60 Å². The van der Waals surface area contributed by atoms with Gasteiger partial charge in [0.2, 0.25) is 11.8 Å². The van der Waals surface area contributed by atoms with Crippen LogP contribution in [0.4, 0.5) is 20.2 Å². The molecule has 2 amide bonds. The molecule has 6 aliphatic rings. The molecular weight excluding hydrogens is 588 g/mol. The van der Waals surface area contributed by atoms with E-state index in [4.69, 9.17) is 10.5 Å². The normalized spacial score (nSPS) is 30.1. The van der Waals surface area contributed by atoms with Crippen LogP contribution in [-0.2, 0) is 19.1 Å².